The zero-order valence-electron chi connectivity index (χ0n) is 16.8. The van der Waals surface area contributed by atoms with Gasteiger partial charge in [-0.1, -0.05) is 23.2 Å². The Kier molecular flexibility index (Phi) is 4.74. The maximum absolute atomic E-state index is 13.1. The van der Waals surface area contributed by atoms with Crippen molar-refractivity contribution in [3.05, 3.63) is 54.1 Å². The lowest BCUT2D eigenvalue weighted by atomic mass is 9.77. The van der Waals surface area contributed by atoms with Crippen LogP contribution in [0.15, 0.2) is 21.7 Å². The van der Waals surface area contributed by atoms with Crippen LogP contribution in [0.5, 0.6) is 11.6 Å². The molecule has 10 nitrogen and oxygen atoms in total. The molecule has 0 aliphatic carbocycles. The van der Waals surface area contributed by atoms with Crippen molar-refractivity contribution in [3.8, 4) is 11.6 Å². The van der Waals surface area contributed by atoms with Gasteiger partial charge in [-0.15, -0.1) is 0 Å². The van der Waals surface area contributed by atoms with Crippen molar-refractivity contribution in [2.75, 3.05) is 14.1 Å². The van der Waals surface area contributed by atoms with E-state index in [0.717, 1.165) is 18.9 Å². The van der Waals surface area contributed by atoms with Crippen molar-refractivity contribution in [3.63, 3.8) is 0 Å². The van der Waals surface area contributed by atoms with E-state index in [9.17, 15) is 24.0 Å². The quantitative estimate of drug-likeness (QED) is 0.585. The number of carbonyl (C=O) groups excluding carboxylic acids is 3. The molecule has 31 heavy (non-hydrogen) atoms. The number of hydrogen-bond donors (Lipinski definition) is 0. The first-order valence-corrected chi connectivity index (χ1v) is 9.78. The zero-order valence-corrected chi connectivity index (χ0v) is 18.3. The van der Waals surface area contributed by atoms with E-state index in [-0.39, 0.29) is 32.8 Å². The fourth-order valence-corrected chi connectivity index (χ4v) is 4.53. The lowest BCUT2D eigenvalue weighted by Gasteiger charge is -2.39. The number of hydrogen-bond acceptors (Lipinski definition) is 6. The molecule has 12 heteroatoms. The van der Waals surface area contributed by atoms with Crippen LogP contribution in [0.4, 0.5) is 4.79 Å². The largest absolute Gasteiger partial charge is 0.438 e. The Labute approximate surface area is 185 Å². The molecular formula is C19H16Cl2N4O6. The molecule has 0 radical (unpaired) electrons. The molecule has 0 N–H and O–H groups in total. The Morgan fingerprint density at radius 3 is 2.00 bits per heavy atom. The number of benzene rings is 1. The smallest absolute Gasteiger partial charge is 0.333 e. The number of barbiturate groups is 1. The average Bonchev–Trinajstić information content (AvgIpc) is 2.73. The van der Waals surface area contributed by atoms with Gasteiger partial charge in [-0.3, -0.25) is 33.3 Å². The topological polar surface area (TPSA) is 111 Å². The molecule has 2 aromatic rings. The van der Waals surface area contributed by atoms with Gasteiger partial charge in [0.1, 0.15) is 5.92 Å². The van der Waals surface area contributed by atoms with Crippen molar-refractivity contribution < 1.29 is 19.1 Å². The van der Waals surface area contributed by atoms with Crippen LogP contribution in [0, 0.1) is 5.92 Å². The number of urea groups is 1. The van der Waals surface area contributed by atoms with E-state index in [1.54, 1.807) is 0 Å². The van der Waals surface area contributed by atoms with E-state index in [1.807, 2.05) is 0 Å². The van der Waals surface area contributed by atoms with Gasteiger partial charge in [0.2, 0.25) is 17.7 Å². The molecule has 0 unspecified atom stereocenters. The van der Waals surface area contributed by atoms with Gasteiger partial charge < -0.3 is 4.74 Å². The predicted molar refractivity (Wildman–Crippen MR) is 110 cm³/mol. The van der Waals surface area contributed by atoms with Gasteiger partial charge in [0, 0.05) is 44.7 Å². The highest BCUT2D eigenvalue weighted by molar-refractivity contribution is 6.35. The molecule has 0 saturated carbocycles. The van der Waals surface area contributed by atoms with Crippen molar-refractivity contribution in [2.45, 2.75) is 5.92 Å². The number of amides is 4. The maximum atomic E-state index is 13.1. The molecule has 1 fully saturated rings. The normalized spacial score (nSPS) is 18.8. The molecule has 1 aromatic heterocycles. The summed E-state index contributed by atoms with van der Waals surface area (Å²) in [6, 6.07) is 2.05. The van der Waals surface area contributed by atoms with Crippen LogP contribution in [0.3, 0.4) is 0 Å². The molecule has 3 heterocycles. The zero-order chi connectivity index (χ0) is 22.9. The summed E-state index contributed by atoms with van der Waals surface area (Å²) in [7, 11) is 5.14. The second-order valence-electron chi connectivity index (χ2n) is 7.37. The van der Waals surface area contributed by atoms with Crippen molar-refractivity contribution in [1.29, 1.82) is 0 Å². The van der Waals surface area contributed by atoms with Crippen LogP contribution in [-0.4, -0.2) is 50.9 Å². The van der Waals surface area contributed by atoms with Crippen LogP contribution < -0.4 is 16.0 Å². The molecule has 4 rings (SSSR count). The van der Waals surface area contributed by atoms with Crippen molar-refractivity contribution in [1.82, 2.24) is 18.9 Å². The number of nitrogens with zero attached hydrogens (tertiary/aromatic N) is 4. The highest BCUT2D eigenvalue weighted by atomic mass is 35.5. The first-order chi connectivity index (χ1) is 14.5. The summed E-state index contributed by atoms with van der Waals surface area (Å²) in [5.41, 5.74) is -1.27. The minimum absolute atomic E-state index is 0.0645. The number of aromatic nitrogens is 2. The monoisotopic (exact) mass is 466 g/mol. The third-order valence-corrected chi connectivity index (χ3v) is 6.13. The van der Waals surface area contributed by atoms with Crippen LogP contribution in [0.25, 0.3) is 0 Å². The lowest BCUT2D eigenvalue weighted by molar-refractivity contribution is -0.148. The summed E-state index contributed by atoms with van der Waals surface area (Å²) in [6.07, 6.45) is 0. The van der Waals surface area contributed by atoms with Crippen LogP contribution in [-0.2, 0) is 23.7 Å². The first-order valence-electron chi connectivity index (χ1n) is 9.03. The number of imide groups is 2. The van der Waals surface area contributed by atoms with E-state index >= 15 is 0 Å². The fourth-order valence-electron chi connectivity index (χ4n) is 3.98. The molecule has 0 spiro atoms. The standard InChI is InChI=1S/C19H16Cl2N4O6/c1-22-14(26)11(15(27)23(2)18(22)29)10-8-5-7(20)6-9(21)13(8)31-17-12(10)16(28)24(3)19(30)25(17)4/h5-6,10-11H,1-4H3/t10-/m0/s1. The maximum Gasteiger partial charge on any atom is 0.333 e. The molecule has 1 aromatic carbocycles. The second-order valence-corrected chi connectivity index (χ2v) is 8.21. The molecule has 2 aliphatic heterocycles. The van der Waals surface area contributed by atoms with Crippen molar-refractivity contribution >= 4 is 41.0 Å². The van der Waals surface area contributed by atoms with Gasteiger partial charge in [-0.05, 0) is 12.1 Å². The molecule has 1 saturated heterocycles. The molecule has 162 valence electrons. The minimum Gasteiger partial charge on any atom is -0.438 e. The number of fused-ring (bicyclic) bond motifs is 2. The Morgan fingerprint density at radius 2 is 1.42 bits per heavy atom. The predicted octanol–water partition coefficient (Wildman–Crippen LogP) is 1.30. The van der Waals surface area contributed by atoms with E-state index < -0.39 is 40.9 Å². The van der Waals surface area contributed by atoms with Crippen LogP contribution in [0.1, 0.15) is 17.0 Å². The third-order valence-electron chi connectivity index (χ3n) is 5.63. The summed E-state index contributed by atoms with van der Waals surface area (Å²) in [5.74, 6) is -4.35. The molecule has 2 aliphatic rings. The van der Waals surface area contributed by atoms with Gasteiger partial charge >= 0.3 is 11.7 Å². The van der Waals surface area contributed by atoms with Gasteiger partial charge in [0.05, 0.1) is 10.6 Å². The van der Waals surface area contributed by atoms with E-state index in [2.05, 4.69) is 0 Å². The Morgan fingerprint density at radius 1 is 0.839 bits per heavy atom. The Balaban J connectivity index is 2.11. The van der Waals surface area contributed by atoms with E-state index in [4.69, 9.17) is 27.9 Å². The highest BCUT2D eigenvalue weighted by Crippen LogP contribution is 2.50. The van der Waals surface area contributed by atoms with E-state index in [1.165, 1.54) is 40.3 Å². The third kappa shape index (κ3) is 2.82. The lowest BCUT2D eigenvalue weighted by Crippen LogP contribution is -2.59. The Bertz CT molecular complexity index is 1290. The van der Waals surface area contributed by atoms with Gasteiger partial charge in [0.15, 0.2) is 5.75 Å². The average molecular weight is 467 g/mol. The minimum atomic E-state index is -1.48. The van der Waals surface area contributed by atoms with Crippen LogP contribution in [0.2, 0.25) is 10.0 Å². The number of rotatable bonds is 1. The highest BCUT2D eigenvalue weighted by Gasteiger charge is 2.51. The van der Waals surface area contributed by atoms with E-state index in [0.29, 0.717) is 0 Å². The summed E-state index contributed by atoms with van der Waals surface area (Å²) >= 11 is 12.5. The number of carbonyl (C=O) groups is 3. The summed E-state index contributed by atoms with van der Waals surface area (Å²) in [5, 5.41) is 0.260. The molecule has 4 amide bonds. The van der Waals surface area contributed by atoms with Crippen molar-refractivity contribution in [2.24, 2.45) is 20.0 Å². The summed E-state index contributed by atoms with van der Waals surface area (Å²) < 4.78 is 7.76. The fraction of sp³-hybridized carbons (Fsp3) is 0.316. The van der Waals surface area contributed by atoms with Crippen LogP contribution >= 0.6 is 23.2 Å². The Hall–Kier alpha value is -3.11. The summed E-state index contributed by atoms with van der Waals surface area (Å²) in [4.78, 5) is 65.7. The van der Waals surface area contributed by atoms with Gasteiger partial charge in [0.25, 0.3) is 5.56 Å². The molecule has 0 bridgehead atoms. The summed E-state index contributed by atoms with van der Waals surface area (Å²) in [6.45, 7) is 0. The second kappa shape index (κ2) is 6.96. The number of ether oxygens (including phenoxy) is 1. The van der Waals surface area contributed by atoms with Gasteiger partial charge in [-0.25, -0.2) is 9.59 Å². The van der Waals surface area contributed by atoms with Gasteiger partial charge in [-0.2, -0.15) is 0 Å². The first kappa shape index (κ1) is 21.1. The number of halogens is 2. The molecular weight excluding hydrogens is 451 g/mol. The SMILES string of the molecule is CN1C(=O)C([C@@H]2c3cc(Cl)cc(Cl)c3Oc3c2c(=O)n(C)c(=O)n3C)C(=O)N(C)C1=O. The molecule has 1 atom stereocenters.